The molecular weight excluding hydrogens is 330 g/mol. The van der Waals surface area contributed by atoms with E-state index < -0.39 is 0 Å². The maximum atomic E-state index is 6.12. The Hall–Kier alpha value is -2.18. The molecule has 2 aliphatic rings. The number of ether oxygens (including phenoxy) is 3. The predicted molar refractivity (Wildman–Crippen MR) is 97.4 cm³/mol. The summed E-state index contributed by atoms with van der Waals surface area (Å²) in [5.41, 5.74) is 2.05. The first-order valence-corrected chi connectivity index (χ1v) is 9.09. The third kappa shape index (κ3) is 3.81. The van der Waals surface area contributed by atoms with Gasteiger partial charge in [-0.05, 0) is 24.6 Å². The molecule has 0 saturated carbocycles. The summed E-state index contributed by atoms with van der Waals surface area (Å²) in [5, 5.41) is 0. The van der Waals surface area contributed by atoms with E-state index in [-0.39, 0.29) is 11.7 Å². The molecule has 2 aliphatic heterocycles. The number of benzene rings is 1. The maximum Gasteiger partial charge on any atom is 0.232 e. The lowest BCUT2D eigenvalue weighted by Gasteiger charge is -2.53. The highest BCUT2D eigenvalue weighted by Crippen LogP contribution is 2.36. The highest BCUT2D eigenvalue weighted by atomic mass is 16.5. The molecule has 138 valence electrons. The highest BCUT2D eigenvalue weighted by molar-refractivity contribution is 5.28. The highest BCUT2D eigenvalue weighted by Gasteiger charge is 2.48. The normalized spacial score (nSPS) is 22.0. The molecule has 3 heterocycles. The zero-order valence-corrected chi connectivity index (χ0v) is 15.4. The molecule has 2 aromatic rings. The van der Waals surface area contributed by atoms with Crippen LogP contribution in [0.15, 0.2) is 36.7 Å². The number of nitrogens with zero attached hydrogens (tertiary/aromatic N) is 3. The van der Waals surface area contributed by atoms with Crippen molar-refractivity contribution in [3.8, 4) is 11.6 Å². The summed E-state index contributed by atoms with van der Waals surface area (Å²) in [6.45, 7) is 5.44. The van der Waals surface area contributed by atoms with Crippen molar-refractivity contribution < 1.29 is 14.2 Å². The second-order valence-corrected chi connectivity index (χ2v) is 7.26. The Balaban J connectivity index is 1.32. The van der Waals surface area contributed by atoms with Crippen LogP contribution in [-0.4, -0.2) is 53.4 Å². The Morgan fingerprint density at radius 2 is 2.19 bits per heavy atom. The molecule has 4 rings (SSSR count). The van der Waals surface area contributed by atoms with E-state index in [0.29, 0.717) is 5.88 Å². The molecule has 0 unspecified atom stereocenters. The molecule has 1 atom stereocenters. The molecule has 1 aromatic carbocycles. The van der Waals surface area contributed by atoms with Gasteiger partial charge in [0, 0.05) is 38.7 Å². The van der Waals surface area contributed by atoms with Crippen molar-refractivity contribution in [1.82, 2.24) is 14.9 Å². The Morgan fingerprint density at radius 3 is 3.00 bits per heavy atom. The Labute approximate surface area is 154 Å². The summed E-state index contributed by atoms with van der Waals surface area (Å²) in [4.78, 5) is 11.0. The SMILES string of the molecule is COc1cccc(CN2CC3(C[C@@H](Oc4cncc(C)n4)CCO3)C2)c1. The second-order valence-electron chi connectivity index (χ2n) is 7.26. The topological polar surface area (TPSA) is 56.7 Å². The summed E-state index contributed by atoms with van der Waals surface area (Å²) in [6, 6.07) is 8.24. The second kappa shape index (κ2) is 7.21. The van der Waals surface area contributed by atoms with Crippen LogP contribution in [0.4, 0.5) is 0 Å². The number of methoxy groups -OCH3 is 1. The van der Waals surface area contributed by atoms with Crippen molar-refractivity contribution in [2.24, 2.45) is 0 Å². The van der Waals surface area contributed by atoms with Gasteiger partial charge < -0.3 is 14.2 Å². The molecule has 0 bridgehead atoms. The van der Waals surface area contributed by atoms with Gasteiger partial charge in [-0.15, -0.1) is 0 Å². The van der Waals surface area contributed by atoms with Gasteiger partial charge in [0.25, 0.3) is 0 Å². The molecule has 0 N–H and O–H groups in total. The summed E-state index contributed by atoms with van der Waals surface area (Å²) >= 11 is 0. The van der Waals surface area contributed by atoms with Crippen LogP contribution in [0.3, 0.4) is 0 Å². The van der Waals surface area contributed by atoms with Crippen LogP contribution in [0, 0.1) is 6.92 Å². The monoisotopic (exact) mass is 355 g/mol. The number of aromatic nitrogens is 2. The number of rotatable bonds is 5. The fourth-order valence-corrected chi connectivity index (χ4v) is 3.88. The first-order valence-electron chi connectivity index (χ1n) is 9.09. The van der Waals surface area contributed by atoms with Crippen molar-refractivity contribution in [1.29, 1.82) is 0 Å². The van der Waals surface area contributed by atoms with Crippen LogP contribution >= 0.6 is 0 Å². The number of hydrogen-bond acceptors (Lipinski definition) is 6. The number of likely N-dealkylation sites (tertiary alicyclic amines) is 1. The van der Waals surface area contributed by atoms with E-state index in [2.05, 4.69) is 27.0 Å². The van der Waals surface area contributed by atoms with Gasteiger partial charge in [0.1, 0.15) is 11.9 Å². The van der Waals surface area contributed by atoms with Crippen LogP contribution in [-0.2, 0) is 11.3 Å². The van der Waals surface area contributed by atoms with Crippen LogP contribution in [0.1, 0.15) is 24.1 Å². The van der Waals surface area contributed by atoms with Gasteiger partial charge in [0.15, 0.2) is 0 Å². The lowest BCUT2D eigenvalue weighted by atomic mass is 9.84. The van der Waals surface area contributed by atoms with Gasteiger partial charge in [-0.3, -0.25) is 9.88 Å². The molecule has 0 amide bonds. The van der Waals surface area contributed by atoms with Gasteiger partial charge in [0.05, 0.1) is 31.2 Å². The summed E-state index contributed by atoms with van der Waals surface area (Å²) in [7, 11) is 1.70. The maximum absolute atomic E-state index is 6.12. The van der Waals surface area contributed by atoms with Crippen molar-refractivity contribution in [3.05, 3.63) is 47.9 Å². The van der Waals surface area contributed by atoms with Crippen molar-refractivity contribution in [2.75, 3.05) is 26.8 Å². The number of aryl methyl sites for hydroxylation is 1. The summed E-state index contributed by atoms with van der Waals surface area (Å²) < 4.78 is 17.5. The minimum atomic E-state index is -0.0843. The molecule has 26 heavy (non-hydrogen) atoms. The summed E-state index contributed by atoms with van der Waals surface area (Å²) in [6.07, 6.45) is 5.36. The zero-order valence-electron chi connectivity index (χ0n) is 15.4. The van der Waals surface area contributed by atoms with Gasteiger partial charge in [-0.1, -0.05) is 12.1 Å². The molecule has 0 aliphatic carbocycles. The Kier molecular flexibility index (Phi) is 4.78. The van der Waals surface area contributed by atoms with Crippen LogP contribution in [0.25, 0.3) is 0 Å². The Morgan fingerprint density at radius 1 is 1.31 bits per heavy atom. The van der Waals surface area contributed by atoms with Gasteiger partial charge in [-0.2, -0.15) is 0 Å². The van der Waals surface area contributed by atoms with Crippen molar-refractivity contribution in [3.63, 3.8) is 0 Å². The smallest absolute Gasteiger partial charge is 0.232 e. The average molecular weight is 355 g/mol. The average Bonchev–Trinajstić information content (AvgIpc) is 2.61. The standard InChI is InChI=1S/C20H25N3O3/c1-15-10-21-11-19(22-15)26-18-6-7-25-20(9-18)13-23(14-20)12-16-4-3-5-17(8-16)24-2/h3-5,8,10-11,18H,6-7,9,12-14H2,1-2H3/t18-/m0/s1. The predicted octanol–water partition coefficient (Wildman–Crippen LogP) is 2.61. The van der Waals surface area contributed by atoms with Crippen molar-refractivity contribution in [2.45, 2.75) is 38.0 Å². The lowest BCUT2D eigenvalue weighted by molar-refractivity contribution is -0.188. The van der Waals surface area contributed by atoms with E-state index >= 15 is 0 Å². The van der Waals surface area contributed by atoms with E-state index in [9.17, 15) is 0 Å². The molecular formula is C20H25N3O3. The van der Waals surface area contributed by atoms with E-state index in [4.69, 9.17) is 14.2 Å². The molecule has 0 radical (unpaired) electrons. The van der Waals surface area contributed by atoms with E-state index in [1.54, 1.807) is 19.5 Å². The zero-order chi connectivity index (χ0) is 18.0. The fourth-order valence-electron chi connectivity index (χ4n) is 3.88. The molecule has 6 nitrogen and oxygen atoms in total. The van der Waals surface area contributed by atoms with Crippen molar-refractivity contribution >= 4 is 0 Å². The lowest BCUT2D eigenvalue weighted by Crippen LogP contribution is -2.65. The number of hydrogen-bond donors (Lipinski definition) is 0. The van der Waals surface area contributed by atoms with Crippen LogP contribution in [0.2, 0.25) is 0 Å². The van der Waals surface area contributed by atoms with E-state index in [1.807, 2.05) is 19.1 Å². The summed E-state index contributed by atoms with van der Waals surface area (Å²) in [5.74, 6) is 1.51. The molecule has 2 saturated heterocycles. The minimum Gasteiger partial charge on any atom is -0.497 e. The quantitative estimate of drug-likeness (QED) is 0.822. The largest absolute Gasteiger partial charge is 0.497 e. The first-order chi connectivity index (χ1) is 12.6. The van der Waals surface area contributed by atoms with Crippen LogP contribution < -0.4 is 9.47 Å². The molecule has 1 aromatic heterocycles. The van der Waals surface area contributed by atoms with Gasteiger partial charge >= 0.3 is 0 Å². The molecule has 2 fully saturated rings. The third-order valence-corrected chi connectivity index (χ3v) is 5.03. The molecule has 1 spiro atoms. The fraction of sp³-hybridized carbons (Fsp3) is 0.500. The first kappa shape index (κ1) is 17.2. The third-order valence-electron chi connectivity index (χ3n) is 5.03. The Bertz CT molecular complexity index is 761. The minimum absolute atomic E-state index is 0.0843. The van der Waals surface area contributed by atoms with E-state index in [0.717, 1.165) is 50.5 Å². The van der Waals surface area contributed by atoms with Gasteiger partial charge in [-0.25, -0.2) is 4.98 Å². The van der Waals surface area contributed by atoms with Gasteiger partial charge in [0.2, 0.25) is 5.88 Å². The van der Waals surface area contributed by atoms with E-state index in [1.165, 1.54) is 5.56 Å². The molecule has 6 heteroatoms. The van der Waals surface area contributed by atoms with Crippen LogP contribution in [0.5, 0.6) is 11.6 Å².